The lowest BCUT2D eigenvalue weighted by molar-refractivity contribution is -0.143. The minimum atomic E-state index is -0.827. The van der Waals surface area contributed by atoms with Gasteiger partial charge in [0.25, 0.3) is 5.91 Å². The maximum absolute atomic E-state index is 12.9. The number of carboxylic acid groups (broad SMARTS) is 1. The summed E-state index contributed by atoms with van der Waals surface area (Å²) in [5.74, 6) is -1.40. The minimum absolute atomic E-state index is 0.101. The molecule has 1 aromatic heterocycles. The average Bonchev–Trinajstić information content (AvgIpc) is 2.62. The highest BCUT2D eigenvalue weighted by molar-refractivity contribution is 5.97. The van der Waals surface area contributed by atoms with Crippen molar-refractivity contribution >= 4 is 11.9 Å². The summed E-state index contributed by atoms with van der Waals surface area (Å²) in [5, 5.41) is 9.21. The second-order valence-corrected chi connectivity index (χ2v) is 6.12. The van der Waals surface area contributed by atoms with E-state index in [4.69, 9.17) is 0 Å². The zero-order valence-electron chi connectivity index (χ0n) is 13.6. The number of carbonyl (C=O) groups is 2. The molecule has 1 unspecified atom stereocenters. The van der Waals surface area contributed by atoms with Gasteiger partial charge in [0, 0.05) is 30.4 Å². The van der Waals surface area contributed by atoms with Crippen LogP contribution in [0.4, 0.5) is 0 Å². The molecule has 1 aliphatic rings. The SMILES string of the molecule is Cc1c(C(=O)N2CCCC(C(=O)O)C2)cccc1-c1ccccn1. The van der Waals surface area contributed by atoms with Crippen molar-refractivity contribution in [1.82, 2.24) is 9.88 Å². The summed E-state index contributed by atoms with van der Waals surface area (Å²) < 4.78 is 0. The maximum Gasteiger partial charge on any atom is 0.308 e. The molecule has 1 aliphatic heterocycles. The van der Waals surface area contributed by atoms with E-state index in [0.29, 0.717) is 18.5 Å². The third-order valence-electron chi connectivity index (χ3n) is 4.56. The van der Waals surface area contributed by atoms with Crippen LogP contribution < -0.4 is 0 Å². The average molecular weight is 324 g/mol. The first kappa shape index (κ1) is 16.2. The van der Waals surface area contributed by atoms with Gasteiger partial charge < -0.3 is 10.0 Å². The van der Waals surface area contributed by atoms with Gasteiger partial charge in [0.15, 0.2) is 0 Å². The van der Waals surface area contributed by atoms with Gasteiger partial charge in [-0.3, -0.25) is 14.6 Å². The number of aromatic nitrogens is 1. The Labute approximate surface area is 140 Å². The van der Waals surface area contributed by atoms with E-state index in [0.717, 1.165) is 23.2 Å². The number of hydrogen-bond acceptors (Lipinski definition) is 3. The number of pyridine rings is 1. The Morgan fingerprint density at radius 2 is 2.04 bits per heavy atom. The standard InChI is InChI=1S/C19H20N2O3/c1-13-15(17-9-2-3-10-20-17)7-4-8-16(13)18(22)21-11-5-6-14(12-21)19(23)24/h2-4,7-10,14H,5-6,11-12H2,1H3,(H,23,24). The fraction of sp³-hybridized carbons (Fsp3) is 0.316. The van der Waals surface area contributed by atoms with Crippen LogP contribution in [0.25, 0.3) is 11.3 Å². The van der Waals surface area contributed by atoms with Crippen molar-refractivity contribution in [1.29, 1.82) is 0 Å². The molecule has 1 N–H and O–H groups in total. The molecule has 2 heterocycles. The van der Waals surface area contributed by atoms with Gasteiger partial charge in [-0.1, -0.05) is 18.2 Å². The fourth-order valence-electron chi connectivity index (χ4n) is 3.20. The maximum atomic E-state index is 12.9. The zero-order chi connectivity index (χ0) is 17.1. The molecule has 5 heteroatoms. The molecular formula is C19H20N2O3. The van der Waals surface area contributed by atoms with Crippen LogP contribution in [0.15, 0.2) is 42.6 Å². The molecule has 0 aliphatic carbocycles. The van der Waals surface area contributed by atoms with Crippen LogP contribution in [0, 0.1) is 12.8 Å². The van der Waals surface area contributed by atoms with Gasteiger partial charge in [-0.25, -0.2) is 0 Å². The van der Waals surface area contributed by atoms with E-state index in [1.54, 1.807) is 17.2 Å². The monoisotopic (exact) mass is 324 g/mol. The highest BCUT2D eigenvalue weighted by atomic mass is 16.4. The molecule has 2 aromatic rings. The molecule has 1 amide bonds. The highest BCUT2D eigenvalue weighted by Crippen LogP contribution is 2.26. The molecule has 24 heavy (non-hydrogen) atoms. The Balaban J connectivity index is 1.89. The first-order chi connectivity index (χ1) is 11.6. The predicted octanol–water partition coefficient (Wildman–Crippen LogP) is 2.99. The summed E-state index contributed by atoms with van der Waals surface area (Å²) in [6, 6.07) is 11.3. The smallest absolute Gasteiger partial charge is 0.308 e. The van der Waals surface area contributed by atoms with Crippen molar-refractivity contribution < 1.29 is 14.7 Å². The summed E-state index contributed by atoms with van der Waals surface area (Å²) in [6.45, 7) is 2.80. The molecule has 0 saturated carbocycles. The lowest BCUT2D eigenvalue weighted by atomic mass is 9.95. The van der Waals surface area contributed by atoms with Gasteiger partial charge in [0.05, 0.1) is 11.6 Å². The summed E-state index contributed by atoms with van der Waals surface area (Å²) in [6.07, 6.45) is 3.08. The predicted molar refractivity (Wildman–Crippen MR) is 90.7 cm³/mol. The van der Waals surface area contributed by atoms with Gasteiger partial charge in [0.2, 0.25) is 0 Å². The number of hydrogen-bond donors (Lipinski definition) is 1. The van der Waals surface area contributed by atoms with Crippen molar-refractivity contribution in [3.63, 3.8) is 0 Å². The van der Waals surface area contributed by atoms with Gasteiger partial charge >= 0.3 is 5.97 Å². The zero-order valence-corrected chi connectivity index (χ0v) is 13.6. The number of rotatable bonds is 3. The van der Waals surface area contributed by atoms with Crippen molar-refractivity contribution in [2.75, 3.05) is 13.1 Å². The topological polar surface area (TPSA) is 70.5 Å². The lowest BCUT2D eigenvalue weighted by Crippen LogP contribution is -2.42. The number of nitrogens with zero attached hydrogens (tertiary/aromatic N) is 2. The number of aliphatic carboxylic acids is 1. The Bertz CT molecular complexity index is 758. The summed E-state index contributed by atoms with van der Waals surface area (Å²) in [7, 11) is 0. The molecule has 1 atom stereocenters. The van der Waals surface area contributed by atoms with Gasteiger partial charge in [-0.2, -0.15) is 0 Å². The Kier molecular flexibility index (Phi) is 4.60. The number of carboxylic acids is 1. The van der Waals surface area contributed by atoms with Crippen LogP contribution in [-0.2, 0) is 4.79 Å². The van der Waals surface area contributed by atoms with Gasteiger partial charge in [-0.05, 0) is 43.5 Å². The molecule has 1 fully saturated rings. The molecular weight excluding hydrogens is 304 g/mol. The highest BCUT2D eigenvalue weighted by Gasteiger charge is 2.29. The molecule has 3 rings (SSSR count). The van der Waals surface area contributed by atoms with Crippen molar-refractivity contribution in [3.8, 4) is 11.3 Å². The van der Waals surface area contributed by atoms with Crippen LogP contribution in [0.5, 0.6) is 0 Å². The van der Waals surface area contributed by atoms with Crippen LogP contribution >= 0.6 is 0 Å². The summed E-state index contributed by atoms with van der Waals surface area (Å²) in [5.41, 5.74) is 3.24. The molecule has 0 spiro atoms. The quantitative estimate of drug-likeness (QED) is 0.942. The third-order valence-corrected chi connectivity index (χ3v) is 4.56. The third kappa shape index (κ3) is 3.15. The van der Waals surface area contributed by atoms with Gasteiger partial charge in [-0.15, -0.1) is 0 Å². The molecule has 1 aromatic carbocycles. The van der Waals surface area contributed by atoms with E-state index in [1.165, 1.54) is 0 Å². The Morgan fingerprint density at radius 3 is 2.75 bits per heavy atom. The summed E-state index contributed by atoms with van der Waals surface area (Å²) >= 11 is 0. The van der Waals surface area contributed by atoms with E-state index >= 15 is 0 Å². The number of likely N-dealkylation sites (tertiary alicyclic amines) is 1. The minimum Gasteiger partial charge on any atom is -0.481 e. The van der Waals surface area contributed by atoms with E-state index in [2.05, 4.69) is 4.98 Å². The number of piperidine rings is 1. The Hall–Kier alpha value is -2.69. The van der Waals surface area contributed by atoms with E-state index in [9.17, 15) is 14.7 Å². The van der Waals surface area contributed by atoms with Crippen LogP contribution in [-0.4, -0.2) is 40.0 Å². The lowest BCUT2D eigenvalue weighted by Gasteiger charge is -2.31. The van der Waals surface area contributed by atoms with E-state index in [1.807, 2.05) is 37.3 Å². The number of carbonyl (C=O) groups excluding carboxylic acids is 1. The van der Waals surface area contributed by atoms with Crippen LogP contribution in [0.2, 0.25) is 0 Å². The normalized spacial score (nSPS) is 17.5. The molecule has 124 valence electrons. The molecule has 0 bridgehead atoms. The summed E-state index contributed by atoms with van der Waals surface area (Å²) in [4.78, 5) is 30.1. The fourth-order valence-corrected chi connectivity index (χ4v) is 3.20. The number of benzene rings is 1. The van der Waals surface area contributed by atoms with Crippen molar-refractivity contribution in [2.45, 2.75) is 19.8 Å². The van der Waals surface area contributed by atoms with Gasteiger partial charge in [0.1, 0.15) is 0 Å². The van der Waals surface area contributed by atoms with Crippen molar-refractivity contribution in [3.05, 3.63) is 53.7 Å². The molecule has 0 radical (unpaired) electrons. The second kappa shape index (κ2) is 6.83. The van der Waals surface area contributed by atoms with E-state index in [-0.39, 0.29) is 12.5 Å². The molecule has 1 saturated heterocycles. The largest absolute Gasteiger partial charge is 0.481 e. The van der Waals surface area contributed by atoms with Crippen molar-refractivity contribution in [2.24, 2.45) is 5.92 Å². The van der Waals surface area contributed by atoms with E-state index < -0.39 is 11.9 Å². The first-order valence-corrected chi connectivity index (χ1v) is 8.11. The molecule has 5 nitrogen and oxygen atoms in total. The first-order valence-electron chi connectivity index (χ1n) is 8.11. The number of amides is 1. The second-order valence-electron chi connectivity index (χ2n) is 6.12. The van der Waals surface area contributed by atoms with Crippen LogP contribution in [0.3, 0.4) is 0 Å². The Morgan fingerprint density at radius 1 is 1.21 bits per heavy atom. The van der Waals surface area contributed by atoms with Crippen LogP contribution in [0.1, 0.15) is 28.8 Å².